The highest BCUT2D eigenvalue weighted by atomic mass is 35.5. The number of benzene rings is 1. The van der Waals surface area contributed by atoms with Crippen molar-refractivity contribution < 1.29 is 14.7 Å². The number of rotatable bonds is 6. The molecule has 0 aliphatic rings. The molecule has 0 bridgehead atoms. The van der Waals surface area contributed by atoms with Gasteiger partial charge in [0.25, 0.3) is 0 Å². The number of carboxylic acid groups (broad SMARTS) is 1. The van der Waals surface area contributed by atoms with Crippen molar-refractivity contribution in [3.8, 4) is 0 Å². The Morgan fingerprint density at radius 3 is 2.47 bits per heavy atom. The molecule has 0 aliphatic carbocycles. The van der Waals surface area contributed by atoms with Crippen LogP contribution in [-0.2, 0) is 9.59 Å². The lowest BCUT2D eigenvalue weighted by Crippen LogP contribution is -2.28. The maximum Gasteiger partial charge on any atom is 0.303 e. The Balaban J connectivity index is 2.53. The fourth-order valence-corrected chi connectivity index (χ4v) is 2.19. The smallest absolute Gasteiger partial charge is 0.303 e. The van der Waals surface area contributed by atoms with Gasteiger partial charge in [-0.1, -0.05) is 36.7 Å². The first-order chi connectivity index (χ1) is 8.90. The van der Waals surface area contributed by atoms with Crippen LogP contribution in [0.5, 0.6) is 0 Å². The Morgan fingerprint density at radius 2 is 1.89 bits per heavy atom. The Labute approximate surface area is 117 Å². The van der Waals surface area contributed by atoms with Crippen molar-refractivity contribution in [2.75, 3.05) is 0 Å². The highest BCUT2D eigenvalue weighted by molar-refractivity contribution is 6.31. The highest BCUT2D eigenvalue weighted by Gasteiger charge is 2.16. The quantitative estimate of drug-likeness (QED) is 0.843. The summed E-state index contributed by atoms with van der Waals surface area (Å²) in [5.74, 6) is -1.24. The predicted octanol–water partition coefficient (Wildman–Crippen LogP) is 3.02. The van der Waals surface area contributed by atoms with Crippen LogP contribution in [-0.4, -0.2) is 17.0 Å². The van der Waals surface area contributed by atoms with Crippen LogP contribution in [0, 0.1) is 5.92 Å². The molecule has 0 aliphatic heterocycles. The molecule has 4 nitrogen and oxygen atoms in total. The average Bonchev–Trinajstić information content (AvgIpc) is 2.27. The molecule has 1 rings (SSSR count). The van der Waals surface area contributed by atoms with E-state index in [1.165, 1.54) is 0 Å². The molecule has 0 saturated carbocycles. The third kappa shape index (κ3) is 5.30. The zero-order chi connectivity index (χ0) is 14.4. The second-order valence-corrected chi connectivity index (χ2v) is 5.13. The van der Waals surface area contributed by atoms with Crippen molar-refractivity contribution in [3.63, 3.8) is 0 Å². The van der Waals surface area contributed by atoms with E-state index in [1.54, 1.807) is 13.0 Å². The summed E-state index contributed by atoms with van der Waals surface area (Å²) in [6.07, 6.45) is 0.189. The first-order valence-electron chi connectivity index (χ1n) is 6.15. The first kappa shape index (κ1) is 15.5. The molecule has 1 aromatic rings. The summed E-state index contributed by atoms with van der Waals surface area (Å²) >= 11 is 6.05. The second kappa shape index (κ2) is 7.14. The van der Waals surface area contributed by atoms with E-state index >= 15 is 0 Å². The van der Waals surface area contributed by atoms with E-state index in [0.717, 1.165) is 5.56 Å². The molecule has 0 radical (unpaired) electrons. The molecular formula is C14H18ClNO3. The molecule has 0 spiro atoms. The molecule has 1 aromatic carbocycles. The van der Waals surface area contributed by atoms with Crippen LogP contribution in [0.3, 0.4) is 0 Å². The average molecular weight is 284 g/mol. The Bertz CT molecular complexity index is 462. The molecule has 104 valence electrons. The zero-order valence-corrected chi connectivity index (χ0v) is 11.8. The largest absolute Gasteiger partial charge is 0.481 e. The topological polar surface area (TPSA) is 66.4 Å². The summed E-state index contributed by atoms with van der Waals surface area (Å²) in [4.78, 5) is 22.3. The number of hydrogen-bond acceptors (Lipinski definition) is 2. The van der Waals surface area contributed by atoms with Gasteiger partial charge < -0.3 is 10.4 Å². The first-order valence-corrected chi connectivity index (χ1v) is 6.53. The summed E-state index contributed by atoms with van der Waals surface area (Å²) < 4.78 is 0. The summed E-state index contributed by atoms with van der Waals surface area (Å²) in [7, 11) is 0. The molecule has 0 fully saturated rings. The van der Waals surface area contributed by atoms with E-state index in [2.05, 4.69) is 5.32 Å². The molecule has 1 unspecified atom stereocenters. The minimum Gasteiger partial charge on any atom is -0.481 e. The van der Waals surface area contributed by atoms with Gasteiger partial charge in [-0.05, 0) is 24.5 Å². The maximum atomic E-state index is 11.8. The number of carbonyl (C=O) groups excluding carboxylic acids is 1. The SMILES string of the molecule is CC(CC(=O)O)CC(=O)N[C@@H](C)c1ccccc1Cl. The van der Waals surface area contributed by atoms with Crippen LogP contribution in [0.4, 0.5) is 0 Å². The predicted molar refractivity (Wildman–Crippen MR) is 74.0 cm³/mol. The van der Waals surface area contributed by atoms with E-state index in [4.69, 9.17) is 16.7 Å². The number of nitrogens with one attached hydrogen (secondary N) is 1. The molecule has 0 heterocycles. The van der Waals surface area contributed by atoms with E-state index in [1.807, 2.05) is 25.1 Å². The third-order valence-electron chi connectivity index (χ3n) is 2.81. The summed E-state index contributed by atoms with van der Waals surface area (Å²) in [5.41, 5.74) is 0.850. The van der Waals surface area contributed by atoms with Gasteiger partial charge in [-0.3, -0.25) is 9.59 Å². The van der Waals surface area contributed by atoms with Crippen molar-refractivity contribution in [2.45, 2.75) is 32.7 Å². The van der Waals surface area contributed by atoms with Crippen LogP contribution < -0.4 is 5.32 Å². The van der Waals surface area contributed by atoms with Gasteiger partial charge in [-0.15, -0.1) is 0 Å². The number of carbonyl (C=O) groups is 2. The van der Waals surface area contributed by atoms with Gasteiger partial charge in [0.1, 0.15) is 0 Å². The third-order valence-corrected chi connectivity index (χ3v) is 3.15. The molecule has 1 amide bonds. The molecule has 5 heteroatoms. The maximum absolute atomic E-state index is 11.8. The summed E-state index contributed by atoms with van der Waals surface area (Å²) in [6.45, 7) is 3.59. The standard InChI is InChI=1S/C14H18ClNO3/c1-9(8-14(18)19)7-13(17)16-10(2)11-5-3-4-6-12(11)15/h3-6,9-10H,7-8H2,1-2H3,(H,16,17)(H,18,19)/t9?,10-/m0/s1. The van der Waals surface area contributed by atoms with Crippen LogP contribution in [0.15, 0.2) is 24.3 Å². The minimum atomic E-state index is -0.889. The van der Waals surface area contributed by atoms with Crippen molar-refractivity contribution in [1.82, 2.24) is 5.32 Å². The molecule has 2 atom stereocenters. The van der Waals surface area contributed by atoms with Crippen molar-refractivity contribution in [2.24, 2.45) is 5.92 Å². The fraction of sp³-hybridized carbons (Fsp3) is 0.429. The summed E-state index contributed by atoms with van der Waals surface area (Å²) in [6, 6.07) is 7.12. The van der Waals surface area contributed by atoms with E-state index in [9.17, 15) is 9.59 Å². The number of hydrogen-bond donors (Lipinski definition) is 2. The Kier molecular flexibility index (Phi) is 5.83. The Hall–Kier alpha value is -1.55. The van der Waals surface area contributed by atoms with Gasteiger partial charge in [0.05, 0.1) is 6.04 Å². The van der Waals surface area contributed by atoms with Gasteiger partial charge in [0, 0.05) is 17.9 Å². The second-order valence-electron chi connectivity index (χ2n) is 4.72. The summed E-state index contributed by atoms with van der Waals surface area (Å²) in [5, 5.41) is 12.1. The Morgan fingerprint density at radius 1 is 1.26 bits per heavy atom. The van der Waals surface area contributed by atoms with Crippen LogP contribution in [0.2, 0.25) is 5.02 Å². The number of halogens is 1. The lowest BCUT2D eigenvalue weighted by atomic mass is 10.0. The monoisotopic (exact) mass is 283 g/mol. The lowest BCUT2D eigenvalue weighted by molar-refractivity contribution is -0.138. The molecule has 0 aromatic heterocycles. The van der Waals surface area contributed by atoms with E-state index in [0.29, 0.717) is 5.02 Å². The highest BCUT2D eigenvalue weighted by Crippen LogP contribution is 2.22. The number of aliphatic carboxylic acids is 1. The fourth-order valence-electron chi connectivity index (χ4n) is 1.89. The van der Waals surface area contributed by atoms with E-state index < -0.39 is 5.97 Å². The normalized spacial score (nSPS) is 13.6. The van der Waals surface area contributed by atoms with Crippen LogP contribution in [0.25, 0.3) is 0 Å². The van der Waals surface area contributed by atoms with Crippen molar-refractivity contribution in [3.05, 3.63) is 34.9 Å². The lowest BCUT2D eigenvalue weighted by Gasteiger charge is -2.17. The van der Waals surface area contributed by atoms with Crippen molar-refractivity contribution in [1.29, 1.82) is 0 Å². The van der Waals surface area contributed by atoms with Crippen LogP contribution in [0.1, 0.15) is 38.3 Å². The van der Waals surface area contributed by atoms with Gasteiger partial charge in [-0.2, -0.15) is 0 Å². The molecular weight excluding hydrogens is 266 g/mol. The zero-order valence-electron chi connectivity index (χ0n) is 11.0. The van der Waals surface area contributed by atoms with E-state index in [-0.39, 0.29) is 30.7 Å². The molecule has 19 heavy (non-hydrogen) atoms. The van der Waals surface area contributed by atoms with Gasteiger partial charge in [-0.25, -0.2) is 0 Å². The molecule has 2 N–H and O–H groups in total. The van der Waals surface area contributed by atoms with Crippen molar-refractivity contribution >= 4 is 23.5 Å². The van der Waals surface area contributed by atoms with Crippen LogP contribution >= 0.6 is 11.6 Å². The number of amides is 1. The molecule has 0 saturated heterocycles. The van der Waals surface area contributed by atoms with Gasteiger partial charge >= 0.3 is 5.97 Å². The van der Waals surface area contributed by atoms with Gasteiger partial charge in [0.15, 0.2) is 0 Å². The minimum absolute atomic E-state index is 0.00606. The number of carboxylic acids is 1. The van der Waals surface area contributed by atoms with Gasteiger partial charge in [0.2, 0.25) is 5.91 Å².